The molecule has 2 aromatic carbocycles. The number of aromatic amines is 1. The van der Waals surface area contributed by atoms with Crippen molar-refractivity contribution < 1.29 is 41.3 Å². The quantitative estimate of drug-likeness (QED) is 0.0528. The van der Waals surface area contributed by atoms with E-state index in [1.165, 1.54) is 22.5 Å². The Morgan fingerprint density at radius 1 is 0.705 bits per heavy atom. The van der Waals surface area contributed by atoms with Gasteiger partial charge in [0.15, 0.2) is 0 Å². The lowest BCUT2D eigenvalue weighted by Crippen LogP contribution is -3.00. The molecule has 2 N–H and O–H groups in total. The van der Waals surface area contributed by atoms with Crippen molar-refractivity contribution in [1.29, 1.82) is 0 Å². The number of benzene rings is 2. The number of halogens is 2. The average Bonchev–Trinajstić information content (AvgIpc) is 4.17. The molecule has 6 unspecified atom stereocenters. The van der Waals surface area contributed by atoms with E-state index in [2.05, 4.69) is 110 Å². The van der Waals surface area contributed by atoms with Crippen molar-refractivity contribution in [2.45, 2.75) is 132 Å². The number of nitrogens with one attached hydrogen (secondary N) is 1. The number of H-pyrrole nitrogens is 1. The van der Waals surface area contributed by atoms with Gasteiger partial charge in [0.25, 0.3) is 12.0 Å². The molecule has 420 valence electrons. The van der Waals surface area contributed by atoms with Crippen LogP contribution in [0.15, 0.2) is 53.3 Å². The highest BCUT2D eigenvalue weighted by molar-refractivity contribution is 6.30. The summed E-state index contributed by atoms with van der Waals surface area (Å²) in [4.78, 5) is 67.5. The number of fused-ring (bicyclic) bond motifs is 4. The number of carboxylic acid groups (broad SMARTS) is 1. The Balaban J connectivity index is 0.000000185. The fraction of sp³-hybridized carbons (Fsp3) is 0.483. The first-order valence-electron chi connectivity index (χ1n) is 26.6. The first-order chi connectivity index (χ1) is 36.7. The summed E-state index contributed by atoms with van der Waals surface area (Å²) in [5.41, 5.74) is 12.7. The number of ether oxygens (including phenoxy) is 3. The Kier molecular flexibility index (Phi) is 23.1. The molecule has 0 aliphatic heterocycles. The van der Waals surface area contributed by atoms with Crippen LogP contribution in [-0.2, 0) is 65.7 Å². The van der Waals surface area contributed by atoms with Crippen LogP contribution in [0, 0.1) is 64.2 Å². The summed E-state index contributed by atoms with van der Waals surface area (Å²) < 4.78 is 14.8. The Bertz CT molecular complexity index is 2910. The minimum absolute atomic E-state index is 0. The predicted octanol–water partition coefficient (Wildman–Crippen LogP) is 7.44. The SMILES string of the molecule is CC(CCOC=O)CC(=O)O.COc1ccc(N(C)c2nc(C)nc3c2CC(C)C3)cc1.Cc1nc(Cl)c2c(n1)CC(C)C2.Cc1nc2c(c(=O)[nH]1)CC(C)C2.[CH2-]C(c1ccc(OC)cc1)c1nc(C)nc2c1CC(C)C2.[Cl-]. The topological polar surface area (TPSA) is 208 Å². The minimum Gasteiger partial charge on any atom is -1.00 e. The molecule has 0 spiro atoms. The van der Waals surface area contributed by atoms with E-state index >= 15 is 0 Å². The minimum atomic E-state index is -0.816. The monoisotopic (exact) mass is 1110 g/mol. The third kappa shape index (κ3) is 17.0. The molecule has 4 aliphatic carbocycles. The molecule has 0 saturated carbocycles. The molecule has 6 aromatic rings. The van der Waals surface area contributed by atoms with Gasteiger partial charge in [-0.15, -0.1) is 5.92 Å². The zero-order chi connectivity index (χ0) is 56.1. The third-order valence-electron chi connectivity index (χ3n) is 14.1. The number of anilines is 2. The Morgan fingerprint density at radius 2 is 1.17 bits per heavy atom. The maximum Gasteiger partial charge on any atom is 0.303 e. The number of aliphatic carboxylic acids is 1. The molecule has 4 aliphatic rings. The largest absolute Gasteiger partial charge is 1.00 e. The first-order valence-corrected chi connectivity index (χ1v) is 27.0. The van der Waals surface area contributed by atoms with Crippen molar-refractivity contribution in [2.24, 2.45) is 29.6 Å². The number of nitrogens with zero attached hydrogens (tertiary/aromatic N) is 8. The van der Waals surface area contributed by atoms with E-state index in [-0.39, 0.29) is 36.2 Å². The Morgan fingerprint density at radius 3 is 1.71 bits per heavy atom. The zero-order valence-corrected chi connectivity index (χ0v) is 48.9. The normalized spacial score (nSPS) is 17.6. The van der Waals surface area contributed by atoms with Crippen molar-refractivity contribution in [2.75, 3.05) is 32.8 Å². The number of carbonyl (C=O) groups is 2. The highest BCUT2D eigenvalue weighted by atomic mass is 35.5. The van der Waals surface area contributed by atoms with Gasteiger partial charge in [0.1, 0.15) is 45.8 Å². The smallest absolute Gasteiger partial charge is 0.303 e. The van der Waals surface area contributed by atoms with Gasteiger partial charge in [-0.3, -0.25) is 14.4 Å². The Labute approximate surface area is 471 Å². The van der Waals surface area contributed by atoms with Gasteiger partial charge in [0.2, 0.25) is 0 Å². The second kappa shape index (κ2) is 28.9. The lowest BCUT2D eigenvalue weighted by Gasteiger charge is -2.21. The summed E-state index contributed by atoms with van der Waals surface area (Å²) in [6.45, 7) is 23.4. The molecular weight excluding hydrogens is 1030 g/mol. The molecule has 4 aromatic heterocycles. The number of carboxylic acids is 1. The van der Waals surface area contributed by atoms with E-state index in [9.17, 15) is 14.4 Å². The maximum absolute atomic E-state index is 11.4. The highest BCUT2D eigenvalue weighted by Gasteiger charge is 2.28. The van der Waals surface area contributed by atoms with Crippen LogP contribution in [0.4, 0.5) is 11.5 Å². The van der Waals surface area contributed by atoms with Gasteiger partial charge in [-0.2, -0.15) is 0 Å². The van der Waals surface area contributed by atoms with E-state index in [0.29, 0.717) is 48.3 Å². The number of methoxy groups -OCH3 is 2. The van der Waals surface area contributed by atoms with Crippen LogP contribution in [0.25, 0.3) is 0 Å². The van der Waals surface area contributed by atoms with E-state index in [0.717, 1.165) is 131 Å². The lowest BCUT2D eigenvalue weighted by molar-refractivity contribution is -0.138. The number of hydrogen-bond donors (Lipinski definition) is 2. The van der Waals surface area contributed by atoms with Gasteiger partial charge in [-0.05, 0) is 157 Å². The summed E-state index contributed by atoms with van der Waals surface area (Å²) in [6, 6.07) is 16.2. The van der Waals surface area contributed by atoms with Crippen molar-refractivity contribution >= 4 is 35.5 Å². The molecule has 0 fully saturated rings. The van der Waals surface area contributed by atoms with Crippen LogP contribution < -0.4 is 32.3 Å². The second-order valence-electron chi connectivity index (χ2n) is 21.3. The molecule has 0 radical (unpaired) electrons. The fourth-order valence-electron chi connectivity index (χ4n) is 10.3. The van der Waals surface area contributed by atoms with Gasteiger partial charge < -0.3 is 48.5 Å². The third-order valence-corrected chi connectivity index (χ3v) is 14.4. The molecule has 18 heteroatoms. The van der Waals surface area contributed by atoms with E-state index in [1.54, 1.807) is 14.2 Å². The first kappa shape index (κ1) is 62.3. The van der Waals surface area contributed by atoms with Gasteiger partial charge in [-0.25, -0.2) is 34.9 Å². The summed E-state index contributed by atoms with van der Waals surface area (Å²) in [7, 11) is 5.42. The van der Waals surface area contributed by atoms with Crippen LogP contribution in [0.5, 0.6) is 11.5 Å². The van der Waals surface area contributed by atoms with Gasteiger partial charge >= 0.3 is 5.97 Å². The zero-order valence-electron chi connectivity index (χ0n) is 47.4. The van der Waals surface area contributed by atoms with E-state index < -0.39 is 5.97 Å². The van der Waals surface area contributed by atoms with Crippen LogP contribution in [0.1, 0.15) is 133 Å². The summed E-state index contributed by atoms with van der Waals surface area (Å²) in [5.74, 6) is 7.81. The van der Waals surface area contributed by atoms with Crippen molar-refractivity contribution in [3.8, 4) is 11.5 Å². The molecule has 6 atom stereocenters. The predicted molar refractivity (Wildman–Crippen MR) is 301 cm³/mol. The summed E-state index contributed by atoms with van der Waals surface area (Å²) in [6.07, 6.45) is 8.90. The van der Waals surface area contributed by atoms with Crippen molar-refractivity contribution in [3.63, 3.8) is 0 Å². The fourth-order valence-corrected chi connectivity index (χ4v) is 10.6. The van der Waals surface area contributed by atoms with Gasteiger partial charge in [-0.1, -0.05) is 63.9 Å². The molecule has 16 nitrogen and oxygen atoms in total. The molecule has 78 heavy (non-hydrogen) atoms. The average molecular weight is 1110 g/mol. The van der Waals surface area contributed by atoms with Gasteiger partial charge in [0, 0.05) is 58.6 Å². The molecule has 0 saturated heterocycles. The Hall–Kier alpha value is -6.52. The van der Waals surface area contributed by atoms with Crippen molar-refractivity contribution in [1.82, 2.24) is 39.9 Å². The summed E-state index contributed by atoms with van der Waals surface area (Å²) in [5, 5.41) is 8.98. The lowest BCUT2D eigenvalue weighted by atomic mass is 9.93. The molecule has 10 rings (SSSR count). The number of hydrogen-bond acceptors (Lipinski definition) is 14. The molecule has 0 bridgehead atoms. The number of aryl methyl sites for hydroxylation is 4. The van der Waals surface area contributed by atoms with Crippen LogP contribution in [0.3, 0.4) is 0 Å². The number of carbonyl (C=O) groups excluding carboxylic acids is 1. The van der Waals surface area contributed by atoms with Crippen LogP contribution in [0.2, 0.25) is 5.15 Å². The number of aromatic nitrogens is 8. The number of rotatable bonds is 12. The standard InChI is InChI=1S/C18H21N2O.C17H21N3O.C9H11ClN2.C9H12N2O.C7H12O4.ClH/c1-11-9-16-17(10-11)19-13(3)20-18(16)12(2)14-5-7-15(21-4)8-6-14;1-11-9-15-16(10-11)18-12(2)19-17(15)20(3)13-5-7-14(21-4)8-6-13;1-5-3-7-8(4-5)11-6(2)12-9(7)10;1-5-3-7-8(4-5)10-6(2)11-9(7)12;1-6(4-7(9)10)2-3-11-5-8;/h5-8,11-12H,2,9-10H2,1,3-4H3;5-8,11H,9-10H2,1-4H3;5H,3-4H2,1-2H3;5H,3-4H2,1-2H3,(H,10,11,12);5-6H,2-4H2,1H3,(H,9,10);1H/q-1;;;;;/p-1. The molecular formula is C60H77Cl2N9O7-2. The second-order valence-corrected chi connectivity index (χ2v) is 21.6. The van der Waals surface area contributed by atoms with Crippen molar-refractivity contribution in [3.05, 3.63) is 151 Å². The van der Waals surface area contributed by atoms with E-state index in [4.69, 9.17) is 31.2 Å². The molecule has 4 heterocycles. The van der Waals surface area contributed by atoms with Crippen LogP contribution in [-0.4, -0.2) is 85.3 Å². The highest BCUT2D eigenvalue weighted by Crippen LogP contribution is 2.36. The van der Waals surface area contributed by atoms with Crippen LogP contribution >= 0.6 is 11.6 Å². The van der Waals surface area contributed by atoms with Gasteiger partial charge in [0.05, 0.1) is 26.5 Å². The maximum atomic E-state index is 11.4. The molecule has 0 amide bonds. The van der Waals surface area contributed by atoms with E-state index in [1.807, 2.05) is 58.9 Å². The summed E-state index contributed by atoms with van der Waals surface area (Å²) >= 11 is 5.99.